The van der Waals surface area contributed by atoms with Crippen molar-refractivity contribution in [3.8, 4) is 0 Å². The molecule has 3 aliphatic rings. The highest BCUT2D eigenvalue weighted by Crippen LogP contribution is 2.40. The predicted octanol–water partition coefficient (Wildman–Crippen LogP) is 4.20. The van der Waals surface area contributed by atoms with Crippen molar-refractivity contribution in [1.29, 1.82) is 0 Å². The van der Waals surface area contributed by atoms with Gasteiger partial charge in [0.1, 0.15) is 5.82 Å². The highest BCUT2D eigenvalue weighted by atomic mass is 16.1. The van der Waals surface area contributed by atoms with E-state index in [1.165, 1.54) is 18.4 Å². The van der Waals surface area contributed by atoms with Gasteiger partial charge in [0.25, 0.3) is 5.91 Å². The second-order valence-corrected chi connectivity index (χ2v) is 11.5. The molecule has 6 rings (SSSR count). The van der Waals surface area contributed by atoms with E-state index in [9.17, 15) is 9.59 Å². The van der Waals surface area contributed by atoms with Crippen molar-refractivity contribution >= 4 is 29.0 Å². The van der Waals surface area contributed by atoms with E-state index < -0.39 is 5.91 Å². The van der Waals surface area contributed by atoms with E-state index in [0.29, 0.717) is 30.0 Å². The minimum atomic E-state index is -0.643. The van der Waals surface area contributed by atoms with E-state index in [-0.39, 0.29) is 23.4 Å². The summed E-state index contributed by atoms with van der Waals surface area (Å²) in [4.78, 5) is 36.8. The van der Waals surface area contributed by atoms with Crippen molar-refractivity contribution in [3.63, 3.8) is 0 Å². The molecule has 10 nitrogen and oxygen atoms in total. The average molecular weight is 543 g/mol. The molecule has 3 fully saturated rings. The lowest BCUT2D eigenvalue weighted by molar-refractivity contribution is 0.0944. The Morgan fingerprint density at radius 3 is 2.58 bits per heavy atom. The van der Waals surface area contributed by atoms with Crippen LogP contribution in [0.2, 0.25) is 0 Å². The molecule has 10 heteroatoms. The number of benzene rings is 1. The fraction of sp³-hybridized carbons (Fsp3) is 0.500. The molecule has 2 saturated heterocycles. The first-order valence-corrected chi connectivity index (χ1v) is 14.5. The Hall–Kier alpha value is -3.79. The molecule has 1 aromatic carbocycles. The van der Waals surface area contributed by atoms with Crippen LogP contribution in [-0.4, -0.2) is 57.1 Å². The number of amides is 1. The van der Waals surface area contributed by atoms with Crippen molar-refractivity contribution in [2.75, 3.05) is 29.9 Å². The maximum Gasteiger partial charge on any atom is 0.271 e. The van der Waals surface area contributed by atoms with Gasteiger partial charge in [-0.2, -0.15) is 5.10 Å². The van der Waals surface area contributed by atoms with Gasteiger partial charge in [0.05, 0.1) is 24.1 Å². The monoisotopic (exact) mass is 542 g/mol. The summed E-state index contributed by atoms with van der Waals surface area (Å²) in [5.41, 5.74) is 8.60. The van der Waals surface area contributed by atoms with E-state index in [1.54, 1.807) is 12.4 Å². The summed E-state index contributed by atoms with van der Waals surface area (Å²) in [6, 6.07) is 8.63. The van der Waals surface area contributed by atoms with Gasteiger partial charge in [0.15, 0.2) is 17.3 Å². The van der Waals surface area contributed by atoms with Crippen LogP contribution in [-0.2, 0) is 0 Å². The highest BCUT2D eigenvalue weighted by molar-refractivity contribution is 5.97. The third kappa shape index (κ3) is 5.72. The first-order valence-electron chi connectivity index (χ1n) is 14.5. The van der Waals surface area contributed by atoms with Crippen LogP contribution in [0.15, 0.2) is 42.9 Å². The molecular formula is C30H38N8O2. The number of nitrogens with two attached hydrogens (primary N) is 1. The summed E-state index contributed by atoms with van der Waals surface area (Å²) >= 11 is 0. The Labute approximate surface area is 234 Å². The SMILES string of the molecule is C[C@@H]1[C@H](CC(=O)c2ccc(C3CC3)cc2)CCCN1c1cnc(C(N)=O)c(Nc2cnn(C3CCNCC3)c2)n1. The number of nitrogens with zero attached hydrogens (tertiary/aromatic N) is 5. The smallest absolute Gasteiger partial charge is 0.271 e. The number of ketones is 1. The van der Waals surface area contributed by atoms with Gasteiger partial charge < -0.3 is 21.3 Å². The van der Waals surface area contributed by atoms with E-state index in [4.69, 9.17) is 10.7 Å². The van der Waals surface area contributed by atoms with Crippen molar-refractivity contribution in [3.05, 3.63) is 59.7 Å². The molecule has 3 aromatic rings. The summed E-state index contributed by atoms with van der Waals surface area (Å²) in [6.45, 7) is 4.90. The number of hydrogen-bond acceptors (Lipinski definition) is 8. The van der Waals surface area contributed by atoms with Crippen molar-refractivity contribution in [2.24, 2.45) is 11.7 Å². The van der Waals surface area contributed by atoms with E-state index >= 15 is 0 Å². The lowest BCUT2D eigenvalue weighted by Crippen LogP contribution is -2.44. The molecule has 0 spiro atoms. The number of anilines is 3. The van der Waals surface area contributed by atoms with Gasteiger partial charge in [-0.05, 0) is 75.9 Å². The number of hydrogen-bond donors (Lipinski definition) is 3. The first kappa shape index (κ1) is 26.4. The normalized spacial score (nSPS) is 21.8. The maximum atomic E-state index is 13.2. The zero-order valence-corrected chi connectivity index (χ0v) is 23.1. The van der Waals surface area contributed by atoms with Crippen LogP contribution in [0.5, 0.6) is 0 Å². The molecule has 0 radical (unpaired) electrons. The van der Waals surface area contributed by atoms with Crippen LogP contribution in [0.25, 0.3) is 0 Å². The molecule has 4 heterocycles. The van der Waals surface area contributed by atoms with Crippen LogP contribution >= 0.6 is 0 Å². The first-order chi connectivity index (χ1) is 19.5. The van der Waals surface area contributed by atoms with Gasteiger partial charge >= 0.3 is 0 Å². The van der Waals surface area contributed by atoms with Gasteiger partial charge in [-0.15, -0.1) is 0 Å². The third-order valence-electron chi connectivity index (χ3n) is 8.71. The predicted molar refractivity (Wildman–Crippen MR) is 154 cm³/mol. The minimum Gasteiger partial charge on any atom is -0.364 e. The number of aromatic nitrogens is 4. The molecule has 1 aliphatic carbocycles. The molecule has 0 bridgehead atoms. The molecular weight excluding hydrogens is 504 g/mol. The Balaban J connectivity index is 1.17. The number of Topliss-reactive ketones (excluding diaryl/α,β-unsaturated/α-hetero) is 1. The summed E-state index contributed by atoms with van der Waals surface area (Å²) in [7, 11) is 0. The second kappa shape index (κ2) is 11.4. The Morgan fingerprint density at radius 1 is 1.07 bits per heavy atom. The van der Waals surface area contributed by atoms with Crippen molar-refractivity contribution in [1.82, 2.24) is 25.1 Å². The molecule has 2 atom stereocenters. The van der Waals surface area contributed by atoms with Crippen LogP contribution in [0.1, 0.15) is 90.2 Å². The number of piperidine rings is 2. The average Bonchev–Trinajstić information content (AvgIpc) is 3.73. The van der Waals surface area contributed by atoms with Gasteiger partial charge in [0, 0.05) is 30.8 Å². The Kier molecular flexibility index (Phi) is 7.51. The van der Waals surface area contributed by atoms with Gasteiger partial charge in [0.2, 0.25) is 0 Å². The Morgan fingerprint density at radius 2 is 1.85 bits per heavy atom. The van der Waals surface area contributed by atoms with Crippen LogP contribution < -0.4 is 21.3 Å². The zero-order valence-electron chi connectivity index (χ0n) is 23.1. The number of carbonyl (C=O) groups excluding carboxylic acids is 2. The van der Waals surface area contributed by atoms with E-state index in [0.717, 1.165) is 56.6 Å². The molecule has 0 unspecified atom stereocenters. The molecule has 210 valence electrons. The molecule has 1 amide bonds. The second-order valence-electron chi connectivity index (χ2n) is 11.5. The number of rotatable bonds is 9. The quantitative estimate of drug-likeness (QED) is 0.343. The van der Waals surface area contributed by atoms with Crippen molar-refractivity contribution < 1.29 is 9.59 Å². The summed E-state index contributed by atoms with van der Waals surface area (Å²) in [5, 5.41) is 11.1. The minimum absolute atomic E-state index is 0.0874. The molecule has 1 saturated carbocycles. The fourth-order valence-corrected chi connectivity index (χ4v) is 6.13. The molecule has 40 heavy (non-hydrogen) atoms. The summed E-state index contributed by atoms with van der Waals surface area (Å²) in [5.74, 6) is 1.40. The Bertz CT molecular complexity index is 1360. The van der Waals surface area contributed by atoms with Gasteiger partial charge in [-0.1, -0.05) is 24.3 Å². The van der Waals surface area contributed by atoms with Gasteiger partial charge in [-0.25, -0.2) is 9.97 Å². The zero-order chi connectivity index (χ0) is 27.6. The van der Waals surface area contributed by atoms with E-state index in [1.807, 2.05) is 23.0 Å². The van der Waals surface area contributed by atoms with E-state index in [2.05, 4.69) is 44.7 Å². The lowest BCUT2D eigenvalue weighted by Gasteiger charge is -2.40. The van der Waals surface area contributed by atoms with Crippen molar-refractivity contribution in [2.45, 2.75) is 69.9 Å². The fourth-order valence-electron chi connectivity index (χ4n) is 6.13. The summed E-state index contributed by atoms with van der Waals surface area (Å²) < 4.78 is 1.97. The topological polar surface area (TPSA) is 131 Å². The maximum absolute atomic E-state index is 13.2. The summed E-state index contributed by atoms with van der Waals surface area (Å²) in [6.07, 6.45) is 12.3. The molecule has 2 aliphatic heterocycles. The largest absolute Gasteiger partial charge is 0.364 e. The van der Waals surface area contributed by atoms with Crippen LogP contribution in [0.4, 0.5) is 17.3 Å². The van der Waals surface area contributed by atoms with Gasteiger partial charge in [-0.3, -0.25) is 14.3 Å². The highest BCUT2D eigenvalue weighted by Gasteiger charge is 2.32. The van der Waals surface area contributed by atoms with Crippen LogP contribution in [0, 0.1) is 5.92 Å². The third-order valence-corrected chi connectivity index (χ3v) is 8.71. The standard InChI is InChI=1S/C30H38N8O2/c1-19-23(15-26(39)22-8-6-21(7-9-22)20-4-5-20)3-2-14-37(19)27-17-33-28(29(31)40)30(36-27)35-24-16-34-38(18-24)25-10-12-32-13-11-25/h6-9,16-20,23,25,32H,2-5,10-15H2,1H3,(H2,31,40)(H,35,36)/t19-,23+/m1/s1. The number of primary amides is 1. The van der Waals surface area contributed by atoms with Crippen LogP contribution in [0.3, 0.4) is 0 Å². The number of nitrogens with one attached hydrogen (secondary N) is 2. The molecule has 2 aromatic heterocycles. The lowest BCUT2D eigenvalue weighted by atomic mass is 9.85. The number of carbonyl (C=O) groups is 2. The molecule has 4 N–H and O–H groups in total.